The number of fused-ring (bicyclic) bond motifs is 1. The van der Waals surface area contributed by atoms with Gasteiger partial charge in [0.15, 0.2) is 0 Å². The van der Waals surface area contributed by atoms with Gasteiger partial charge in [-0.2, -0.15) is 0 Å². The second-order valence-electron chi connectivity index (χ2n) is 8.23. The van der Waals surface area contributed by atoms with Gasteiger partial charge in [-0.3, -0.25) is 9.59 Å². The molecule has 1 aliphatic carbocycles. The molecule has 2 aliphatic rings. The van der Waals surface area contributed by atoms with Crippen LogP contribution in [0.1, 0.15) is 60.2 Å². The summed E-state index contributed by atoms with van der Waals surface area (Å²) in [6.45, 7) is 5.58. The Morgan fingerprint density at radius 1 is 1.14 bits per heavy atom. The van der Waals surface area contributed by atoms with Gasteiger partial charge in [0.05, 0.1) is 12.6 Å². The zero-order valence-corrected chi connectivity index (χ0v) is 18.2. The van der Waals surface area contributed by atoms with E-state index in [1.165, 1.54) is 21.6 Å². The molecule has 0 N–H and O–H groups in total. The molecule has 0 saturated heterocycles. The van der Waals surface area contributed by atoms with Crippen LogP contribution in [0, 0.1) is 12.8 Å². The third-order valence-corrected chi connectivity index (χ3v) is 7.49. The average molecular weight is 411 g/mol. The maximum absolute atomic E-state index is 13.4. The van der Waals surface area contributed by atoms with Crippen LogP contribution < -0.4 is 0 Å². The van der Waals surface area contributed by atoms with Gasteiger partial charge < -0.3 is 9.80 Å². The smallest absolute Gasteiger partial charge is 0.242 e. The van der Waals surface area contributed by atoms with E-state index in [0.29, 0.717) is 13.1 Å². The molecule has 2 amide bonds. The van der Waals surface area contributed by atoms with Gasteiger partial charge in [0.25, 0.3) is 0 Å². The zero-order valence-electron chi connectivity index (χ0n) is 17.4. The lowest BCUT2D eigenvalue weighted by Gasteiger charge is -2.38. The highest BCUT2D eigenvalue weighted by atomic mass is 32.1. The fourth-order valence-corrected chi connectivity index (χ4v) is 5.75. The fraction of sp³-hybridized carbons (Fsp3) is 0.500. The van der Waals surface area contributed by atoms with E-state index in [4.69, 9.17) is 0 Å². The van der Waals surface area contributed by atoms with Crippen LogP contribution in [-0.4, -0.2) is 41.2 Å². The summed E-state index contributed by atoms with van der Waals surface area (Å²) in [6, 6.07) is 10.4. The summed E-state index contributed by atoms with van der Waals surface area (Å²) in [5.41, 5.74) is 3.63. The average Bonchev–Trinajstić information content (AvgIpc) is 3.43. The van der Waals surface area contributed by atoms with Crippen LogP contribution in [-0.2, 0) is 16.0 Å². The largest absolute Gasteiger partial charge is 0.333 e. The van der Waals surface area contributed by atoms with Gasteiger partial charge in [-0.25, -0.2) is 0 Å². The normalized spacial score (nSPS) is 19.2. The first-order chi connectivity index (χ1) is 14.1. The van der Waals surface area contributed by atoms with Gasteiger partial charge in [-0.05, 0) is 61.2 Å². The highest BCUT2D eigenvalue weighted by Gasteiger charge is 2.35. The van der Waals surface area contributed by atoms with Crippen molar-refractivity contribution in [2.45, 2.75) is 52.0 Å². The third kappa shape index (κ3) is 3.97. The standard InChI is InChI=1S/C24H30N2O2S/c1-3-25(24(28)18-9-5-6-10-18)16-22(27)26-14-12-21-20(13-15-29-21)23(26)19-11-7-4-8-17(19)2/h4,7-8,11,13,15,18,23H,3,5-6,9-10,12,14,16H2,1-2H3/t23-/m1/s1. The van der Waals surface area contributed by atoms with Gasteiger partial charge >= 0.3 is 0 Å². The van der Waals surface area contributed by atoms with Gasteiger partial charge in [0, 0.05) is 23.9 Å². The lowest BCUT2D eigenvalue weighted by atomic mass is 9.90. The number of nitrogens with zero attached hydrogens (tertiary/aromatic N) is 2. The highest BCUT2D eigenvalue weighted by Crippen LogP contribution is 2.39. The first kappa shape index (κ1) is 20.1. The molecule has 1 aromatic carbocycles. The molecular formula is C24H30N2O2S. The number of carbonyl (C=O) groups is 2. The van der Waals surface area contributed by atoms with E-state index < -0.39 is 0 Å². The van der Waals surface area contributed by atoms with Crippen molar-refractivity contribution in [1.29, 1.82) is 0 Å². The maximum Gasteiger partial charge on any atom is 0.242 e. The lowest BCUT2D eigenvalue weighted by molar-refractivity contribution is -0.143. The van der Waals surface area contributed by atoms with Gasteiger partial charge in [0.2, 0.25) is 11.8 Å². The number of amides is 2. The van der Waals surface area contributed by atoms with Crippen molar-refractivity contribution in [2.75, 3.05) is 19.6 Å². The molecule has 2 heterocycles. The van der Waals surface area contributed by atoms with Gasteiger partial charge in [0.1, 0.15) is 0 Å². The minimum Gasteiger partial charge on any atom is -0.333 e. The summed E-state index contributed by atoms with van der Waals surface area (Å²) in [4.78, 5) is 31.5. The summed E-state index contributed by atoms with van der Waals surface area (Å²) >= 11 is 1.78. The summed E-state index contributed by atoms with van der Waals surface area (Å²) < 4.78 is 0. The van der Waals surface area contributed by atoms with Crippen molar-refractivity contribution < 1.29 is 9.59 Å². The zero-order chi connectivity index (χ0) is 20.4. The van der Waals surface area contributed by atoms with Crippen molar-refractivity contribution >= 4 is 23.2 Å². The number of rotatable bonds is 5. The number of hydrogen-bond acceptors (Lipinski definition) is 3. The molecule has 0 radical (unpaired) electrons. The second kappa shape index (κ2) is 8.70. The maximum atomic E-state index is 13.4. The van der Waals surface area contributed by atoms with Crippen LogP contribution in [0.4, 0.5) is 0 Å². The Balaban J connectivity index is 1.59. The number of benzene rings is 1. The molecule has 29 heavy (non-hydrogen) atoms. The molecule has 0 spiro atoms. The Bertz CT molecular complexity index is 885. The second-order valence-corrected chi connectivity index (χ2v) is 9.23. The van der Waals surface area contributed by atoms with Crippen molar-refractivity contribution in [2.24, 2.45) is 5.92 Å². The fourth-order valence-electron chi connectivity index (χ4n) is 4.84. The molecule has 4 rings (SSSR count). The van der Waals surface area contributed by atoms with E-state index >= 15 is 0 Å². The first-order valence-electron chi connectivity index (χ1n) is 10.8. The quantitative estimate of drug-likeness (QED) is 0.724. The number of aryl methyl sites for hydroxylation is 1. The highest BCUT2D eigenvalue weighted by molar-refractivity contribution is 7.10. The Morgan fingerprint density at radius 2 is 1.90 bits per heavy atom. The number of thiophene rings is 1. The van der Waals surface area contributed by atoms with Crippen molar-refractivity contribution in [3.63, 3.8) is 0 Å². The minimum atomic E-state index is -0.0565. The van der Waals surface area contributed by atoms with Crippen LogP contribution in [0.2, 0.25) is 0 Å². The monoisotopic (exact) mass is 410 g/mol. The van der Waals surface area contributed by atoms with E-state index in [0.717, 1.165) is 32.1 Å². The van der Waals surface area contributed by atoms with E-state index in [-0.39, 0.29) is 30.3 Å². The molecule has 1 saturated carbocycles. The molecule has 1 fully saturated rings. The summed E-state index contributed by atoms with van der Waals surface area (Å²) in [7, 11) is 0. The number of carbonyl (C=O) groups excluding carboxylic acids is 2. The number of hydrogen-bond donors (Lipinski definition) is 0. The van der Waals surface area contributed by atoms with Crippen molar-refractivity contribution in [1.82, 2.24) is 9.80 Å². The van der Waals surface area contributed by atoms with Crippen LogP contribution >= 0.6 is 11.3 Å². The molecule has 1 aliphatic heterocycles. The van der Waals surface area contributed by atoms with E-state index in [9.17, 15) is 9.59 Å². The Morgan fingerprint density at radius 3 is 2.62 bits per heavy atom. The summed E-state index contributed by atoms with van der Waals surface area (Å²) in [5, 5.41) is 2.13. The predicted octanol–water partition coefficient (Wildman–Crippen LogP) is 4.57. The van der Waals surface area contributed by atoms with E-state index in [1.807, 2.05) is 24.0 Å². The van der Waals surface area contributed by atoms with Crippen LogP contribution in [0.3, 0.4) is 0 Å². The van der Waals surface area contributed by atoms with E-state index in [2.05, 4.69) is 30.5 Å². The van der Waals surface area contributed by atoms with E-state index in [1.54, 1.807) is 16.2 Å². The molecule has 0 bridgehead atoms. The molecule has 1 atom stereocenters. The van der Waals surface area contributed by atoms with Crippen molar-refractivity contribution in [3.8, 4) is 0 Å². The lowest BCUT2D eigenvalue weighted by Crippen LogP contribution is -2.47. The third-order valence-electron chi connectivity index (χ3n) is 6.49. The van der Waals surface area contributed by atoms with Crippen LogP contribution in [0.25, 0.3) is 0 Å². The molecule has 5 heteroatoms. The molecule has 0 unspecified atom stereocenters. The van der Waals surface area contributed by atoms with Gasteiger partial charge in [-0.1, -0.05) is 37.1 Å². The Labute approximate surface area is 177 Å². The van der Waals surface area contributed by atoms with Crippen LogP contribution in [0.5, 0.6) is 0 Å². The summed E-state index contributed by atoms with van der Waals surface area (Å²) in [5.74, 6) is 0.335. The minimum absolute atomic E-state index is 0.0565. The topological polar surface area (TPSA) is 40.6 Å². The van der Waals surface area contributed by atoms with Crippen molar-refractivity contribution in [3.05, 3.63) is 57.3 Å². The van der Waals surface area contributed by atoms with Crippen LogP contribution in [0.15, 0.2) is 35.7 Å². The number of likely N-dealkylation sites (N-methyl/N-ethyl adjacent to an activating group) is 1. The summed E-state index contributed by atoms with van der Waals surface area (Å²) in [6.07, 6.45) is 5.09. The Hall–Kier alpha value is -2.14. The Kier molecular flexibility index (Phi) is 6.04. The molecule has 154 valence electrons. The SMILES string of the molecule is CCN(CC(=O)N1CCc2sccc2[C@H]1c1ccccc1C)C(=O)C1CCCC1. The van der Waals surface area contributed by atoms with Gasteiger partial charge in [-0.15, -0.1) is 11.3 Å². The predicted molar refractivity (Wildman–Crippen MR) is 117 cm³/mol. The molecule has 1 aromatic heterocycles. The molecule has 4 nitrogen and oxygen atoms in total. The molecular weight excluding hydrogens is 380 g/mol. The first-order valence-corrected chi connectivity index (χ1v) is 11.7. The molecule has 2 aromatic rings.